The number of aliphatic carboxylic acids is 1. The summed E-state index contributed by atoms with van der Waals surface area (Å²) in [5.74, 6) is -1.36. The van der Waals surface area contributed by atoms with Crippen LogP contribution in [0.2, 0.25) is 0 Å². The zero-order valence-electron chi connectivity index (χ0n) is 19.0. The molecule has 0 amide bonds. The van der Waals surface area contributed by atoms with Gasteiger partial charge in [0.2, 0.25) is 0 Å². The van der Waals surface area contributed by atoms with Crippen molar-refractivity contribution >= 4 is 11.9 Å². The van der Waals surface area contributed by atoms with Crippen molar-refractivity contribution in [3.63, 3.8) is 0 Å². The van der Waals surface area contributed by atoms with Crippen molar-refractivity contribution in [3.8, 4) is 0 Å². The van der Waals surface area contributed by atoms with E-state index in [-0.39, 0.29) is 30.1 Å². The maximum atomic E-state index is 12.6. The Hall–Kier alpha value is -1.70. The van der Waals surface area contributed by atoms with Crippen molar-refractivity contribution in [2.24, 2.45) is 23.2 Å². The summed E-state index contributed by atoms with van der Waals surface area (Å²) in [5.41, 5.74) is 0.437. The van der Waals surface area contributed by atoms with E-state index in [0.29, 0.717) is 25.7 Å². The summed E-state index contributed by atoms with van der Waals surface area (Å²) >= 11 is 0. The Balaban J connectivity index is 2.19. The quantitative estimate of drug-likeness (QED) is 0.387. The van der Waals surface area contributed by atoms with Crippen LogP contribution in [0.3, 0.4) is 0 Å². The van der Waals surface area contributed by atoms with Gasteiger partial charge in [-0.25, -0.2) is 0 Å². The molecule has 31 heavy (non-hydrogen) atoms. The number of carboxylic acid groups (broad SMARTS) is 1. The van der Waals surface area contributed by atoms with Gasteiger partial charge in [-0.2, -0.15) is 0 Å². The maximum absolute atomic E-state index is 12.6. The van der Waals surface area contributed by atoms with E-state index in [2.05, 4.69) is 19.9 Å². The van der Waals surface area contributed by atoms with Crippen molar-refractivity contribution in [3.05, 3.63) is 23.8 Å². The van der Waals surface area contributed by atoms with Gasteiger partial charge in [-0.1, -0.05) is 45.9 Å². The van der Waals surface area contributed by atoms with Crippen LogP contribution in [0.15, 0.2) is 23.8 Å². The molecule has 2 aliphatic rings. The average Bonchev–Trinajstić information content (AvgIpc) is 2.67. The molecule has 0 radical (unpaired) electrons. The fraction of sp³-hybridized carbons (Fsp3) is 0.750. The number of aliphatic hydroxyl groups excluding tert-OH is 3. The highest BCUT2D eigenvalue weighted by molar-refractivity contribution is 5.72. The van der Waals surface area contributed by atoms with E-state index in [1.54, 1.807) is 0 Å². The Morgan fingerprint density at radius 2 is 1.97 bits per heavy atom. The molecule has 7 heteroatoms. The summed E-state index contributed by atoms with van der Waals surface area (Å²) in [4.78, 5) is 23.3. The predicted octanol–water partition coefficient (Wildman–Crippen LogP) is 2.83. The van der Waals surface area contributed by atoms with Gasteiger partial charge in [0.1, 0.15) is 6.10 Å². The number of hydrogen-bond donors (Lipinski definition) is 4. The number of rotatable bonds is 10. The number of ether oxygens (including phenoxy) is 1. The van der Waals surface area contributed by atoms with Crippen molar-refractivity contribution in [1.29, 1.82) is 0 Å². The predicted molar refractivity (Wildman–Crippen MR) is 116 cm³/mol. The minimum atomic E-state index is -1.10. The molecule has 7 nitrogen and oxygen atoms in total. The van der Waals surface area contributed by atoms with Gasteiger partial charge in [0.25, 0.3) is 0 Å². The summed E-state index contributed by atoms with van der Waals surface area (Å²) in [6.07, 6.45) is 4.48. The average molecular weight is 439 g/mol. The van der Waals surface area contributed by atoms with E-state index in [1.165, 1.54) is 0 Å². The molecule has 4 N–H and O–H groups in total. The molecule has 0 unspecified atom stereocenters. The van der Waals surface area contributed by atoms with E-state index in [1.807, 2.05) is 26.0 Å². The number of esters is 1. The highest BCUT2D eigenvalue weighted by Crippen LogP contribution is 2.53. The molecule has 0 saturated carbocycles. The molecule has 2 aliphatic carbocycles. The molecular formula is C24H38O7. The number of allylic oxidation sites excluding steroid dienone is 2. The molecule has 0 fully saturated rings. The van der Waals surface area contributed by atoms with E-state index in [9.17, 15) is 24.9 Å². The van der Waals surface area contributed by atoms with Crippen LogP contribution >= 0.6 is 0 Å². The van der Waals surface area contributed by atoms with Crippen LogP contribution < -0.4 is 0 Å². The van der Waals surface area contributed by atoms with Crippen LogP contribution in [0.25, 0.3) is 0 Å². The first-order valence-corrected chi connectivity index (χ1v) is 11.4. The first-order chi connectivity index (χ1) is 14.5. The normalized spacial score (nSPS) is 33.1. The standard InChI is InChI=1S/C24H38O7/c1-5-14(2)23(30)31-21-12-18(26)10-16-7-6-15(3)20(24(16,21)4)9-8-17(25)11-19(27)13-22(28)29/h6-7,10,14-15,17-21,25-27H,5,8-9,11-13H2,1-4H3,(H,28,29)/t14-,15-,17+,18+,19+,20-,21-,24-/m0/s1. The molecule has 0 aromatic heterocycles. The lowest BCUT2D eigenvalue weighted by molar-refractivity contribution is -0.165. The summed E-state index contributed by atoms with van der Waals surface area (Å²) in [6, 6.07) is 0. The lowest BCUT2D eigenvalue weighted by Crippen LogP contribution is -2.51. The van der Waals surface area contributed by atoms with Gasteiger partial charge in [-0.3, -0.25) is 9.59 Å². The van der Waals surface area contributed by atoms with Crippen LogP contribution in [0.1, 0.15) is 66.2 Å². The fourth-order valence-electron chi connectivity index (χ4n) is 4.97. The number of hydrogen-bond acceptors (Lipinski definition) is 6. The smallest absolute Gasteiger partial charge is 0.308 e. The SMILES string of the molecule is CC[C@H](C)C(=O)O[C@H]1C[C@H](O)C=C2C=C[C@H](C)[C@H](CC[C@@H](O)C[C@@H](O)CC(=O)O)[C@]21C. The molecule has 8 atom stereocenters. The Kier molecular flexibility index (Phi) is 8.86. The largest absolute Gasteiger partial charge is 0.481 e. The van der Waals surface area contributed by atoms with Crippen LogP contribution in [0, 0.1) is 23.2 Å². The molecule has 0 spiro atoms. The second kappa shape index (κ2) is 10.7. The van der Waals surface area contributed by atoms with Gasteiger partial charge in [0.15, 0.2) is 0 Å². The van der Waals surface area contributed by atoms with Gasteiger partial charge in [-0.05, 0) is 43.1 Å². The monoisotopic (exact) mass is 438 g/mol. The third-order valence-electron chi connectivity index (χ3n) is 7.14. The Morgan fingerprint density at radius 1 is 1.29 bits per heavy atom. The Labute approximate surface area is 184 Å². The van der Waals surface area contributed by atoms with Gasteiger partial charge in [0, 0.05) is 11.8 Å². The third kappa shape index (κ3) is 6.18. The lowest BCUT2D eigenvalue weighted by atomic mass is 9.56. The highest BCUT2D eigenvalue weighted by atomic mass is 16.5. The first kappa shape index (κ1) is 25.6. The van der Waals surface area contributed by atoms with Gasteiger partial charge >= 0.3 is 11.9 Å². The molecule has 0 aliphatic heterocycles. The molecule has 0 bridgehead atoms. The molecule has 176 valence electrons. The number of carbonyl (C=O) groups excluding carboxylic acids is 1. The van der Waals surface area contributed by atoms with Crippen molar-refractivity contribution in [1.82, 2.24) is 0 Å². The van der Waals surface area contributed by atoms with Crippen molar-refractivity contribution in [2.75, 3.05) is 0 Å². The Morgan fingerprint density at radius 3 is 2.58 bits per heavy atom. The molecule has 0 aromatic rings. The summed E-state index contributed by atoms with van der Waals surface area (Å²) in [5, 5.41) is 39.3. The first-order valence-electron chi connectivity index (χ1n) is 11.4. The number of aliphatic hydroxyl groups is 3. The second-order valence-corrected chi connectivity index (χ2v) is 9.49. The van der Waals surface area contributed by atoms with E-state index in [4.69, 9.17) is 9.84 Å². The number of carbonyl (C=O) groups is 2. The van der Waals surface area contributed by atoms with E-state index in [0.717, 1.165) is 5.57 Å². The van der Waals surface area contributed by atoms with E-state index < -0.39 is 42.2 Å². The topological polar surface area (TPSA) is 124 Å². The van der Waals surface area contributed by atoms with Gasteiger partial charge < -0.3 is 25.2 Å². The molecule has 0 aromatic carbocycles. The number of fused-ring (bicyclic) bond motifs is 1. The molecule has 0 saturated heterocycles. The minimum Gasteiger partial charge on any atom is -0.481 e. The Bertz CT molecular complexity index is 700. The fourth-order valence-corrected chi connectivity index (χ4v) is 4.97. The van der Waals surface area contributed by atoms with Crippen LogP contribution in [-0.2, 0) is 14.3 Å². The van der Waals surface area contributed by atoms with Crippen molar-refractivity contribution < 1.29 is 34.8 Å². The van der Waals surface area contributed by atoms with Crippen molar-refractivity contribution in [2.45, 2.75) is 90.6 Å². The molecule has 2 rings (SSSR count). The van der Waals surface area contributed by atoms with Crippen LogP contribution in [0.5, 0.6) is 0 Å². The van der Waals surface area contributed by atoms with Gasteiger partial charge in [0.05, 0.1) is 30.7 Å². The molecular weight excluding hydrogens is 400 g/mol. The molecule has 0 heterocycles. The second-order valence-electron chi connectivity index (χ2n) is 9.49. The number of carboxylic acids is 1. The third-order valence-corrected chi connectivity index (χ3v) is 7.14. The summed E-state index contributed by atoms with van der Waals surface area (Å²) in [6.45, 7) is 7.92. The summed E-state index contributed by atoms with van der Waals surface area (Å²) in [7, 11) is 0. The van der Waals surface area contributed by atoms with Gasteiger partial charge in [-0.15, -0.1) is 0 Å². The lowest BCUT2D eigenvalue weighted by Gasteiger charge is -2.51. The zero-order chi connectivity index (χ0) is 23.3. The van der Waals surface area contributed by atoms with E-state index >= 15 is 0 Å². The minimum absolute atomic E-state index is 0.00773. The highest BCUT2D eigenvalue weighted by Gasteiger charge is 2.51. The maximum Gasteiger partial charge on any atom is 0.308 e. The zero-order valence-corrected chi connectivity index (χ0v) is 19.0. The van der Waals surface area contributed by atoms with Crippen LogP contribution in [-0.4, -0.2) is 56.8 Å². The summed E-state index contributed by atoms with van der Waals surface area (Å²) < 4.78 is 5.94. The van der Waals surface area contributed by atoms with Crippen LogP contribution in [0.4, 0.5) is 0 Å².